The minimum atomic E-state index is 0.740. The van der Waals surface area contributed by atoms with Crippen molar-refractivity contribution in [3.05, 3.63) is 40.3 Å². The summed E-state index contributed by atoms with van der Waals surface area (Å²) in [5, 5.41) is 3.99. The molecule has 1 rings (SSSR count). The van der Waals surface area contributed by atoms with E-state index in [1.54, 1.807) is 0 Å². The molecule has 0 saturated carbocycles. The van der Waals surface area contributed by atoms with Crippen molar-refractivity contribution in [2.75, 3.05) is 11.9 Å². The lowest BCUT2D eigenvalue weighted by Gasteiger charge is -2.07. The fourth-order valence-electron chi connectivity index (χ4n) is 0.942. The molecule has 0 fully saturated rings. The molecule has 13 heavy (non-hydrogen) atoms. The molecule has 1 nitrogen and oxygen atoms in total. The first-order valence-electron chi connectivity index (χ1n) is 4.04. The Morgan fingerprint density at radius 2 is 2.31 bits per heavy atom. The highest BCUT2D eigenvalue weighted by molar-refractivity contribution is 9.10. The Morgan fingerprint density at radius 1 is 1.54 bits per heavy atom. The first-order valence-corrected chi connectivity index (χ1v) is 5.21. The van der Waals surface area contributed by atoms with Crippen LogP contribution in [0.3, 0.4) is 0 Å². The summed E-state index contributed by atoms with van der Waals surface area (Å²) in [7, 11) is 0. The Hall–Kier alpha value is -0.470. The molecule has 0 amide bonds. The third kappa shape index (κ3) is 3.41. The lowest BCUT2D eigenvalue weighted by atomic mass is 10.3. The van der Waals surface area contributed by atoms with Gasteiger partial charge in [-0.15, -0.1) is 6.58 Å². The molecule has 1 N–H and O–H groups in total. The maximum Gasteiger partial charge on any atom is 0.0499 e. The van der Waals surface area contributed by atoms with Gasteiger partial charge >= 0.3 is 0 Å². The van der Waals surface area contributed by atoms with E-state index in [2.05, 4.69) is 27.8 Å². The van der Waals surface area contributed by atoms with E-state index in [0.717, 1.165) is 28.1 Å². The van der Waals surface area contributed by atoms with Gasteiger partial charge in [-0.1, -0.05) is 17.7 Å². The molecule has 0 aromatic heterocycles. The van der Waals surface area contributed by atoms with Crippen LogP contribution < -0.4 is 5.32 Å². The van der Waals surface area contributed by atoms with E-state index in [9.17, 15) is 0 Å². The van der Waals surface area contributed by atoms with E-state index in [-0.39, 0.29) is 0 Å². The zero-order chi connectivity index (χ0) is 9.68. The molecule has 70 valence electrons. The molecule has 0 aliphatic rings. The van der Waals surface area contributed by atoms with Crippen LogP contribution in [0.4, 0.5) is 5.69 Å². The van der Waals surface area contributed by atoms with Crippen molar-refractivity contribution < 1.29 is 0 Å². The summed E-state index contributed by atoms with van der Waals surface area (Å²) in [6, 6.07) is 5.68. The highest BCUT2D eigenvalue weighted by Crippen LogP contribution is 2.25. The molecule has 0 saturated heterocycles. The summed E-state index contributed by atoms with van der Waals surface area (Å²) in [6.07, 6.45) is 2.82. The molecule has 0 aliphatic heterocycles. The first kappa shape index (κ1) is 10.6. The van der Waals surface area contributed by atoms with E-state index in [1.807, 2.05) is 24.3 Å². The average molecular weight is 261 g/mol. The fourth-order valence-corrected chi connectivity index (χ4v) is 1.50. The molecular formula is C10H11BrClN. The summed E-state index contributed by atoms with van der Waals surface area (Å²) in [5.41, 5.74) is 1.02. The van der Waals surface area contributed by atoms with Gasteiger partial charge in [0.05, 0.1) is 0 Å². The van der Waals surface area contributed by atoms with E-state index in [0.29, 0.717) is 0 Å². The number of halogens is 2. The van der Waals surface area contributed by atoms with Crippen molar-refractivity contribution in [1.29, 1.82) is 0 Å². The van der Waals surface area contributed by atoms with Crippen LogP contribution in [0.1, 0.15) is 6.42 Å². The van der Waals surface area contributed by atoms with Gasteiger partial charge in [-0.25, -0.2) is 0 Å². The van der Waals surface area contributed by atoms with Crippen molar-refractivity contribution in [2.45, 2.75) is 6.42 Å². The van der Waals surface area contributed by atoms with Crippen LogP contribution in [-0.2, 0) is 0 Å². The van der Waals surface area contributed by atoms with Crippen LogP contribution in [0.2, 0.25) is 5.02 Å². The van der Waals surface area contributed by atoms with Gasteiger partial charge < -0.3 is 5.32 Å². The quantitative estimate of drug-likeness (QED) is 0.635. The number of benzene rings is 1. The number of hydrogen-bond donors (Lipinski definition) is 1. The lowest BCUT2D eigenvalue weighted by molar-refractivity contribution is 1.07. The number of rotatable bonds is 4. The van der Waals surface area contributed by atoms with Gasteiger partial charge in [0.15, 0.2) is 0 Å². The van der Waals surface area contributed by atoms with E-state index in [4.69, 9.17) is 11.6 Å². The molecule has 0 unspecified atom stereocenters. The molecule has 0 heterocycles. The molecular weight excluding hydrogens is 249 g/mol. The summed E-state index contributed by atoms with van der Waals surface area (Å²) in [4.78, 5) is 0. The molecule has 1 aromatic carbocycles. The second-order valence-electron chi connectivity index (χ2n) is 2.63. The Morgan fingerprint density at radius 3 is 3.00 bits per heavy atom. The Bertz CT molecular complexity index is 299. The van der Waals surface area contributed by atoms with Crippen LogP contribution in [0.5, 0.6) is 0 Å². The molecule has 1 aromatic rings. The molecule has 0 spiro atoms. The van der Waals surface area contributed by atoms with Gasteiger partial charge in [-0.2, -0.15) is 0 Å². The molecule has 0 aliphatic carbocycles. The minimum absolute atomic E-state index is 0.740. The third-order valence-corrected chi connectivity index (χ3v) is 2.52. The van der Waals surface area contributed by atoms with Crippen LogP contribution in [-0.4, -0.2) is 6.54 Å². The summed E-state index contributed by atoms with van der Waals surface area (Å²) in [5.74, 6) is 0. The normalized spacial score (nSPS) is 9.69. The lowest BCUT2D eigenvalue weighted by Crippen LogP contribution is -2.00. The number of nitrogens with one attached hydrogen (secondary N) is 1. The van der Waals surface area contributed by atoms with Gasteiger partial charge in [0.2, 0.25) is 0 Å². The average Bonchev–Trinajstić information content (AvgIpc) is 2.11. The predicted octanol–water partition coefficient (Wildman–Crippen LogP) is 4.09. The van der Waals surface area contributed by atoms with Crippen molar-refractivity contribution in [3.63, 3.8) is 0 Å². The number of anilines is 1. The summed E-state index contributed by atoms with van der Waals surface area (Å²) >= 11 is 9.28. The van der Waals surface area contributed by atoms with Crippen molar-refractivity contribution in [3.8, 4) is 0 Å². The highest BCUT2D eigenvalue weighted by atomic mass is 79.9. The van der Waals surface area contributed by atoms with Crippen molar-refractivity contribution >= 4 is 33.2 Å². The maximum atomic E-state index is 5.85. The van der Waals surface area contributed by atoms with Crippen molar-refractivity contribution in [2.24, 2.45) is 0 Å². The number of hydrogen-bond acceptors (Lipinski definition) is 1. The van der Waals surface area contributed by atoms with Crippen LogP contribution >= 0.6 is 27.5 Å². The summed E-state index contributed by atoms with van der Waals surface area (Å²) < 4.78 is 1.03. The highest BCUT2D eigenvalue weighted by Gasteiger charge is 1.98. The van der Waals surface area contributed by atoms with Crippen LogP contribution in [0.15, 0.2) is 35.3 Å². The van der Waals surface area contributed by atoms with Crippen LogP contribution in [0.25, 0.3) is 0 Å². The van der Waals surface area contributed by atoms with Gasteiger partial charge in [-0.05, 0) is 40.5 Å². The summed E-state index contributed by atoms with van der Waals surface area (Å²) in [6.45, 7) is 4.53. The second-order valence-corrected chi connectivity index (χ2v) is 3.92. The van der Waals surface area contributed by atoms with Gasteiger partial charge in [0.1, 0.15) is 0 Å². The van der Waals surface area contributed by atoms with E-state index >= 15 is 0 Å². The van der Waals surface area contributed by atoms with Crippen molar-refractivity contribution in [1.82, 2.24) is 0 Å². The molecule has 3 heteroatoms. The second kappa shape index (κ2) is 5.30. The molecule has 0 bridgehead atoms. The minimum Gasteiger partial charge on any atom is -0.384 e. The molecule has 0 atom stereocenters. The van der Waals surface area contributed by atoms with Gasteiger partial charge in [0, 0.05) is 21.7 Å². The van der Waals surface area contributed by atoms with E-state index in [1.165, 1.54) is 0 Å². The largest absolute Gasteiger partial charge is 0.384 e. The first-order chi connectivity index (χ1) is 6.24. The van der Waals surface area contributed by atoms with Gasteiger partial charge in [-0.3, -0.25) is 0 Å². The Balaban J connectivity index is 2.64. The van der Waals surface area contributed by atoms with E-state index < -0.39 is 0 Å². The maximum absolute atomic E-state index is 5.85. The Labute approximate surface area is 91.9 Å². The molecule has 0 radical (unpaired) electrons. The fraction of sp³-hybridized carbons (Fsp3) is 0.200. The van der Waals surface area contributed by atoms with Crippen LogP contribution in [0, 0.1) is 0 Å². The third-order valence-electron chi connectivity index (χ3n) is 1.59. The topological polar surface area (TPSA) is 12.0 Å². The zero-order valence-corrected chi connectivity index (χ0v) is 9.53. The monoisotopic (exact) mass is 259 g/mol. The SMILES string of the molecule is C=CCCNc1cc(Cl)ccc1Br. The smallest absolute Gasteiger partial charge is 0.0499 e. The van der Waals surface area contributed by atoms with Gasteiger partial charge in [0.25, 0.3) is 0 Å². The predicted molar refractivity (Wildman–Crippen MR) is 62.5 cm³/mol. The Kier molecular flexibility index (Phi) is 4.33. The zero-order valence-electron chi connectivity index (χ0n) is 7.19. The standard InChI is InChI=1S/C10H11BrClN/c1-2-3-6-13-10-7-8(12)4-5-9(10)11/h2,4-5,7,13H,1,3,6H2.